The highest BCUT2D eigenvalue weighted by Gasteiger charge is 2.35. The average molecular weight is 504 g/mol. The molecule has 0 saturated carbocycles. The van der Waals surface area contributed by atoms with E-state index < -0.39 is 41.6 Å². The van der Waals surface area contributed by atoms with Gasteiger partial charge in [0.25, 0.3) is 0 Å². The molecule has 0 atom stereocenters. The second kappa shape index (κ2) is 10.1. The van der Waals surface area contributed by atoms with E-state index in [1.54, 1.807) is 12.4 Å². The van der Waals surface area contributed by atoms with Crippen molar-refractivity contribution in [2.24, 2.45) is 0 Å². The van der Waals surface area contributed by atoms with Gasteiger partial charge in [0.2, 0.25) is 11.8 Å². The van der Waals surface area contributed by atoms with Crippen LogP contribution in [0.25, 0.3) is 11.1 Å². The minimum absolute atomic E-state index is 0.110. The number of carbonyl (C=O) groups excluding carboxylic acids is 1. The first kappa shape index (κ1) is 24.7. The number of halogens is 5. The Morgan fingerprint density at radius 2 is 1.78 bits per heavy atom. The molecular weight excluding hydrogens is 487 g/mol. The predicted octanol–water partition coefficient (Wildman–Crippen LogP) is 4.34. The number of alkyl halides is 3. The van der Waals surface area contributed by atoms with Crippen LogP contribution < -0.4 is 10.1 Å². The molecule has 4 aromatic rings. The molecule has 0 saturated heterocycles. The lowest BCUT2D eigenvalue weighted by Gasteiger charge is -2.13. The van der Waals surface area contributed by atoms with Crippen LogP contribution in [0.5, 0.6) is 5.88 Å². The number of methoxy groups -OCH3 is 1. The van der Waals surface area contributed by atoms with Gasteiger partial charge in [-0.1, -0.05) is 0 Å². The van der Waals surface area contributed by atoms with Gasteiger partial charge in [-0.2, -0.15) is 18.3 Å². The standard InChI is InChI=1S/C23H17F5N6O2/c1-36-22-17(23(26,27)28)5-15(11-31-22)34-21(35)4-13-3-19(25)16(6-18(13)24)14-9-29-20(30-10-14)2-12-7-32-33-8-12/h3,5-11H,2,4H2,1H3,(H,32,33)(H,34,35). The quantitative estimate of drug-likeness (QED) is 0.363. The lowest BCUT2D eigenvalue weighted by molar-refractivity contribution is -0.139. The molecule has 0 radical (unpaired) electrons. The van der Waals surface area contributed by atoms with E-state index in [-0.39, 0.29) is 22.4 Å². The Morgan fingerprint density at radius 3 is 2.42 bits per heavy atom. The van der Waals surface area contributed by atoms with E-state index >= 15 is 0 Å². The van der Waals surface area contributed by atoms with E-state index in [1.165, 1.54) is 12.4 Å². The maximum Gasteiger partial charge on any atom is 0.421 e. The number of hydrogen-bond donors (Lipinski definition) is 2. The van der Waals surface area contributed by atoms with Crippen molar-refractivity contribution >= 4 is 11.6 Å². The molecule has 13 heteroatoms. The molecule has 0 unspecified atom stereocenters. The van der Waals surface area contributed by atoms with Crippen molar-refractivity contribution in [1.29, 1.82) is 0 Å². The largest absolute Gasteiger partial charge is 0.481 e. The number of aromatic nitrogens is 5. The molecule has 0 aliphatic rings. The fourth-order valence-electron chi connectivity index (χ4n) is 3.35. The number of rotatable bonds is 7. The summed E-state index contributed by atoms with van der Waals surface area (Å²) in [6.07, 6.45) is 1.95. The summed E-state index contributed by atoms with van der Waals surface area (Å²) < 4.78 is 73.5. The Hall–Kier alpha value is -4.42. The number of ether oxygens (including phenoxy) is 1. The van der Waals surface area contributed by atoms with Crippen LogP contribution in [0.15, 0.2) is 49.2 Å². The Kier molecular flexibility index (Phi) is 6.90. The first-order chi connectivity index (χ1) is 17.1. The van der Waals surface area contributed by atoms with E-state index in [0.717, 1.165) is 31.0 Å². The van der Waals surface area contributed by atoms with Crippen molar-refractivity contribution < 1.29 is 31.5 Å². The number of aromatic amines is 1. The number of carbonyl (C=O) groups is 1. The molecule has 8 nitrogen and oxygen atoms in total. The molecule has 4 rings (SSSR count). The summed E-state index contributed by atoms with van der Waals surface area (Å²) in [6.45, 7) is 0. The molecule has 0 fully saturated rings. The summed E-state index contributed by atoms with van der Waals surface area (Å²) >= 11 is 0. The lowest BCUT2D eigenvalue weighted by atomic mass is 10.0. The third kappa shape index (κ3) is 5.62. The van der Waals surface area contributed by atoms with Crippen LogP contribution in [-0.2, 0) is 23.8 Å². The molecule has 1 amide bonds. The summed E-state index contributed by atoms with van der Waals surface area (Å²) in [4.78, 5) is 24.1. The van der Waals surface area contributed by atoms with E-state index in [0.29, 0.717) is 18.3 Å². The number of benzene rings is 1. The topological polar surface area (TPSA) is 106 Å². The maximum atomic E-state index is 14.8. The Morgan fingerprint density at radius 1 is 1.03 bits per heavy atom. The first-order valence-electron chi connectivity index (χ1n) is 10.3. The molecule has 0 spiro atoms. The van der Waals surface area contributed by atoms with Crippen molar-refractivity contribution in [1.82, 2.24) is 25.1 Å². The van der Waals surface area contributed by atoms with Crippen LogP contribution in [0.4, 0.5) is 27.6 Å². The van der Waals surface area contributed by atoms with Crippen molar-refractivity contribution in [3.05, 3.63) is 83.3 Å². The number of hydrogen-bond acceptors (Lipinski definition) is 6. The van der Waals surface area contributed by atoms with Gasteiger partial charge in [0.05, 0.1) is 31.6 Å². The number of anilines is 1. The monoisotopic (exact) mass is 504 g/mol. The van der Waals surface area contributed by atoms with Gasteiger partial charge in [0.1, 0.15) is 23.0 Å². The highest BCUT2D eigenvalue weighted by Crippen LogP contribution is 2.36. The Bertz CT molecular complexity index is 1380. The SMILES string of the molecule is COc1ncc(NC(=O)Cc2cc(F)c(-c3cnc(Cc4cn[nH]c4)nc3)cc2F)cc1C(F)(F)F. The molecule has 1 aromatic carbocycles. The van der Waals surface area contributed by atoms with Crippen LogP contribution in [0, 0.1) is 11.6 Å². The molecule has 0 aliphatic heterocycles. The van der Waals surface area contributed by atoms with Crippen LogP contribution >= 0.6 is 0 Å². The Labute approximate surface area is 200 Å². The van der Waals surface area contributed by atoms with Crippen LogP contribution in [0.2, 0.25) is 0 Å². The van der Waals surface area contributed by atoms with E-state index in [9.17, 15) is 26.7 Å². The molecule has 3 heterocycles. The smallest absolute Gasteiger partial charge is 0.421 e. The van der Waals surface area contributed by atoms with Crippen molar-refractivity contribution in [2.45, 2.75) is 19.0 Å². The van der Waals surface area contributed by atoms with Gasteiger partial charge in [0, 0.05) is 41.7 Å². The van der Waals surface area contributed by atoms with Gasteiger partial charge in [0.15, 0.2) is 0 Å². The van der Waals surface area contributed by atoms with Crippen LogP contribution in [-0.4, -0.2) is 38.2 Å². The maximum absolute atomic E-state index is 14.8. The molecule has 36 heavy (non-hydrogen) atoms. The zero-order valence-corrected chi connectivity index (χ0v) is 18.5. The molecule has 0 bridgehead atoms. The third-order valence-electron chi connectivity index (χ3n) is 5.05. The Balaban J connectivity index is 1.48. The highest BCUT2D eigenvalue weighted by atomic mass is 19.4. The molecule has 3 aromatic heterocycles. The van der Waals surface area contributed by atoms with Crippen LogP contribution in [0.3, 0.4) is 0 Å². The summed E-state index contributed by atoms with van der Waals surface area (Å²) in [6, 6.07) is 2.39. The lowest BCUT2D eigenvalue weighted by Crippen LogP contribution is -2.17. The second-order valence-corrected chi connectivity index (χ2v) is 7.60. The summed E-state index contributed by atoms with van der Waals surface area (Å²) in [5, 5.41) is 8.69. The van der Waals surface area contributed by atoms with Crippen molar-refractivity contribution in [2.75, 3.05) is 12.4 Å². The number of nitrogens with zero attached hydrogens (tertiary/aromatic N) is 4. The van der Waals surface area contributed by atoms with Gasteiger partial charge in [-0.05, 0) is 23.8 Å². The minimum Gasteiger partial charge on any atom is -0.481 e. The predicted molar refractivity (Wildman–Crippen MR) is 117 cm³/mol. The minimum atomic E-state index is -4.77. The number of nitrogens with one attached hydrogen (secondary N) is 2. The van der Waals surface area contributed by atoms with Crippen LogP contribution in [0.1, 0.15) is 22.5 Å². The fourth-order valence-corrected chi connectivity index (χ4v) is 3.35. The zero-order valence-electron chi connectivity index (χ0n) is 18.5. The number of pyridine rings is 1. The average Bonchev–Trinajstić information content (AvgIpc) is 3.34. The van der Waals surface area contributed by atoms with E-state index in [1.807, 2.05) is 0 Å². The van der Waals surface area contributed by atoms with Gasteiger partial charge in [-0.25, -0.2) is 23.7 Å². The van der Waals surface area contributed by atoms with E-state index in [4.69, 9.17) is 0 Å². The van der Waals surface area contributed by atoms with Crippen molar-refractivity contribution in [3.63, 3.8) is 0 Å². The van der Waals surface area contributed by atoms with Gasteiger partial charge in [-0.15, -0.1) is 0 Å². The second-order valence-electron chi connectivity index (χ2n) is 7.60. The zero-order chi connectivity index (χ0) is 25.9. The molecule has 0 aliphatic carbocycles. The molecular formula is C23H17F5N6O2. The summed E-state index contributed by atoms with van der Waals surface area (Å²) in [7, 11) is 1.03. The van der Waals surface area contributed by atoms with Gasteiger partial charge >= 0.3 is 6.18 Å². The van der Waals surface area contributed by atoms with E-state index in [2.05, 4.69) is 35.2 Å². The number of H-pyrrole nitrogens is 1. The summed E-state index contributed by atoms with van der Waals surface area (Å²) in [5.74, 6) is -2.78. The van der Waals surface area contributed by atoms with Gasteiger partial charge < -0.3 is 10.1 Å². The number of amides is 1. The highest BCUT2D eigenvalue weighted by molar-refractivity contribution is 5.92. The fraction of sp³-hybridized carbons (Fsp3) is 0.174. The normalized spacial score (nSPS) is 11.4. The summed E-state index contributed by atoms with van der Waals surface area (Å²) in [5.41, 5.74) is -0.796. The van der Waals surface area contributed by atoms with Gasteiger partial charge in [-0.3, -0.25) is 9.89 Å². The first-order valence-corrected chi connectivity index (χ1v) is 10.3. The molecule has 2 N–H and O–H groups in total. The molecule has 186 valence electrons. The van der Waals surface area contributed by atoms with Crippen molar-refractivity contribution in [3.8, 4) is 17.0 Å². The third-order valence-corrected chi connectivity index (χ3v) is 5.05.